The van der Waals surface area contributed by atoms with Crippen molar-refractivity contribution >= 4 is 23.0 Å². The highest BCUT2D eigenvalue weighted by molar-refractivity contribution is 6.09. The number of para-hydroxylation sites is 2. The Kier molecular flexibility index (Phi) is 3.29. The van der Waals surface area contributed by atoms with Gasteiger partial charge in [-0.1, -0.05) is 12.1 Å². The largest absolute Gasteiger partial charge is 0.399 e. The minimum absolute atomic E-state index is 0.0352. The zero-order valence-corrected chi connectivity index (χ0v) is 12.3. The van der Waals surface area contributed by atoms with Crippen molar-refractivity contribution in [1.29, 1.82) is 0 Å². The molecule has 108 valence electrons. The van der Waals surface area contributed by atoms with E-state index >= 15 is 0 Å². The Morgan fingerprint density at radius 3 is 2.52 bits per heavy atom. The molecule has 0 unspecified atom stereocenters. The average molecular weight is 281 g/mol. The molecule has 4 heteroatoms. The fourth-order valence-corrected chi connectivity index (χ4v) is 2.79. The van der Waals surface area contributed by atoms with Crippen LogP contribution in [0.5, 0.6) is 0 Å². The number of likely N-dealkylation sites (N-methyl/N-ethyl adjacent to an activating group) is 1. The number of benzene rings is 2. The van der Waals surface area contributed by atoms with Crippen molar-refractivity contribution in [3.63, 3.8) is 0 Å². The molecule has 0 atom stereocenters. The van der Waals surface area contributed by atoms with Gasteiger partial charge in [-0.15, -0.1) is 0 Å². The van der Waals surface area contributed by atoms with Crippen LogP contribution in [0.15, 0.2) is 42.5 Å². The minimum Gasteiger partial charge on any atom is -0.399 e. The first-order valence-corrected chi connectivity index (χ1v) is 7.06. The molecule has 1 aliphatic heterocycles. The Morgan fingerprint density at radius 2 is 1.81 bits per heavy atom. The van der Waals surface area contributed by atoms with E-state index in [0.29, 0.717) is 17.8 Å². The van der Waals surface area contributed by atoms with Gasteiger partial charge in [0.1, 0.15) is 0 Å². The maximum atomic E-state index is 12.9. The quantitative estimate of drug-likeness (QED) is 0.818. The van der Waals surface area contributed by atoms with Crippen molar-refractivity contribution in [3.8, 4) is 0 Å². The number of anilines is 3. The third-order valence-corrected chi connectivity index (χ3v) is 3.97. The lowest BCUT2D eigenvalue weighted by Gasteiger charge is -2.35. The number of aryl methyl sites for hydroxylation is 1. The van der Waals surface area contributed by atoms with Gasteiger partial charge in [-0.2, -0.15) is 0 Å². The molecular weight excluding hydrogens is 262 g/mol. The predicted octanol–water partition coefficient (Wildman–Crippen LogP) is 2.67. The topological polar surface area (TPSA) is 49.6 Å². The Morgan fingerprint density at radius 1 is 1.10 bits per heavy atom. The van der Waals surface area contributed by atoms with Gasteiger partial charge < -0.3 is 15.5 Å². The van der Waals surface area contributed by atoms with Crippen molar-refractivity contribution in [2.45, 2.75) is 6.92 Å². The maximum absolute atomic E-state index is 12.9. The fourth-order valence-electron chi connectivity index (χ4n) is 2.79. The van der Waals surface area contributed by atoms with E-state index in [-0.39, 0.29) is 5.91 Å². The van der Waals surface area contributed by atoms with E-state index in [1.165, 1.54) is 0 Å². The van der Waals surface area contributed by atoms with Crippen LogP contribution >= 0.6 is 0 Å². The van der Waals surface area contributed by atoms with E-state index < -0.39 is 0 Å². The summed E-state index contributed by atoms with van der Waals surface area (Å²) in [5.41, 5.74) is 10.1. The van der Waals surface area contributed by atoms with Crippen molar-refractivity contribution < 1.29 is 4.79 Å². The van der Waals surface area contributed by atoms with Crippen LogP contribution in [0.25, 0.3) is 0 Å². The highest BCUT2D eigenvalue weighted by atomic mass is 16.2. The Balaban J connectivity index is 2.01. The molecule has 2 aromatic carbocycles. The van der Waals surface area contributed by atoms with Crippen molar-refractivity contribution in [2.75, 3.05) is 35.7 Å². The van der Waals surface area contributed by atoms with E-state index in [0.717, 1.165) is 23.5 Å². The number of fused-ring (bicyclic) bond motifs is 1. The third-order valence-electron chi connectivity index (χ3n) is 3.97. The van der Waals surface area contributed by atoms with Gasteiger partial charge in [0.15, 0.2) is 0 Å². The molecule has 0 saturated carbocycles. The molecule has 1 heterocycles. The molecule has 0 radical (unpaired) electrons. The number of hydrogen-bond acceptors (Lipinski definition) is 3. The number of nitrogens with two attached hydrogens (primary N) is 1. The first-order chi connectivity index (χ1) is 10.1. The van der Waals surface area contributed by atoms with Gasteiger partial charge in [-0.05, 0) is 42.8 Å². The second-order valence-electron chi connectivity index (χ2n) is 5.44. The van der Waals surface area contributed by atoms with E-state index in [2.05, 4.69) is 11.9 Å². The van der Waals surface area contributed by atoms with Crippen LogP contribution in [0.1, 0.15) is 15.9 Å². The van der Waals surface area contributed by atoms with Gasteiger partial charge >= 0.3 is 0 Å². The number of carbonyl (C=O) groups is 1. The van der Waals surface area contributed by atoms with Crippen molar-refractivity contribution in [3.05, 3.63) is 53.6 Å². The molecule has 0 saturated heterocycles. The molecule has 0 bridgehead atoms. The van der Waals surface area contributed by atoms with Crippen LogP contribution in [0.2, 0.25) is 0 Å². The first kappa shape index (κ1) is 13.5. The molecule has 0 fully saturated rings. The summed E-state index contributed by atoms with van der Waals surface area (Å²) in [7, 11) is 2.05. The second-order valence-corrected chi connectivity index (χ2v) is 5.44. The Labute approximate surface area is 124 Å². The minimum atomic E-state index is 0.0352. The Hall–Kier alpha value is -2.49. The molecule has 0 aliphatic carbocycles. The maximum Gasteiger partial charge on any atom is 0.258 e. The van der Waals surface area contributed by atoms with Gasteiger partial charge in [0.2, 0.25) is 0 Å². The lowest BCUT2D eigenvalue weighted by atomic mass is 10.1. The molecule has 21 heavy (non-hydrogen) atoms. The summed E-state index contributed by atoms with van der Waals surface area (Å²) in [6.45, 7) is 3.44. The number of nitrogens with zero attached hydrogens (tertiary/aromatic N) is 2. The van der Waals surface area contributed by atoms with Crippen LogP contribution in [-0.4, -0.2) is 26.0 Å². The molecule has 2 aromatic rings. The highest BCUT2D eigenvalue weighted by Crippen LogP contribution is 2.33. The smallest absolute Gasteiger partial charge is 0.258 e. The van der Waals surface area contributed by atoms with Crippen molar-refractivity contribution in [2.24, 2.45) is 0 Å². The lowest BCUT2D eigenvalue weighted by molar-refractivity contribution is 0.0986. The van der Waals surface area contributed by atoms with Crippen LogP contribution in [0, 0.1) is 6.92 Å². The summed E-state index contributed by atoms with van der Waals surface area (Å²) in [6.07, 6.45) is 0. The SMILES string of the molecule is Cc1cc(N)ccc1C(=O)N1CCN(C)c2ccccc21. The molecular formula is C17H19N3O. The molecule has 3 rings (SSSR count). The van der Waals surface area contributed by atoms with Gasteiger partial charge in [0, 0.05) is 31.4 Å². The van der Waals surface area contributed by atoms with E-state index in [1.807, 2.05) is 48.2 Å². The molecule has 2 N–H and O–H groups in total. The standard InChI is InChI=1S/C17H19N3O/c1-12-11-13(18)7-8-14(12)17(21)20-10-9-19(2)15-5-3-4-6-16(15)20/h3-8,11H,9-10,18H2,1-2H3. The summed E-state index contributed by atoms with van der Waals surface area (Å²) in [4.78, 5) is 16.9. The van der Waals surface area contributed by atoms with E-state index in [9.17, 15) is 4.79 Å². The number of nitrogen functional groups attached to an aromatic ring is 1. The van der Waals surface area contributed by atoms with E-state index in [4.69, 9.17) is 5.73 Å². The summed E-state index contributed by atoms with van der Waals surface area (Å²) in [6, 6.07) is 13.4. The predicted molar refractivity (Wildman–Crippen MR) is 87.0 cm³/mol. The zero-order chi connectivity index (χ0) is 15.0. The fraction of sp³-hybridized carbons (Fsp3) is 0.235. The zero-order valence-electron chi connectivity index (χ0n) is 12.3. The van der Waals surface area contributed by atoms with Gasteiger partial charge in [-0.25, -0.2) is 0 Å². The van der Waals surface area contributed by atoms with Crippen LogP contribution in [0.3, 0.4) is 0 Å². The number of rotatable bonds is 1. The van der Waals surface area contributed by atoms with Crippen LogP contribution in [-0.2, 0) is 0 Å². The summed E-state index contributed by atoms with van der Waals surface area (Å²) < 4.78 is 0. The third kappa shape index (κ3) is 2.33. The van der Waals surface area contributed by atoms with Gasteiger partial charge in [0.05, 0.1) is 11.4 Å². The number of carbonyl (C=O) groups excluding carboxylic acids is 1. The van der Waals surface area contributed by atoms with E-state index in [1.54, 1.807) is 6.07 Å². The highest BCUT2D eigenvalue weighted by Gasteiger charge is 2.26. The van der Waals surface area contributed by atoms with Crippen molar-refractivity contribution in [1.82, 2.24) is 0 Å². The number of amides is 1. The second kappa shape index (κ2) is 5.13. The molecule has 0 spiro atoms. The van der Waals surface area contributed by atoms with Crippen LogP contribution in [0.4, 0.5) is 17.1 Å². The van der Waals surface area contributed by atoms with Gasteiger partial charge in [0.25, 0.3) is 5.91 Å². The first-order valence-electron chi connectivity index (χ1n) is 7.06. The summed E-state index contributed by atoms with van der Waals surface area (Å²) >= 11 is 0. The molecule has 0 aromatic heterocycles. The summed E-state index contributed by atoms with van der Waals surface area (Å²) in [5.74, 6) is 0.0352. The normalized spacial score (nSPS) is 14.0. The summed E-state index contributed by atoms with van der Waals surface area (Å²) in [5, 5.41) is 0. The monoisotopic (exact) mass is 281 g/mol. The molecule has 1 amide bonds. The average Bonchev–Trinajstić information content (AvgIpc) is 2.47. The van der Waals surface area contributed by atoms with Gasteiger partial charge in [-0.3, -0.25) is 4.79 Å². The lowest BCUT2D eigenvalue weighted by Crippen LogP contribution is -2.42. The molecule has 4 nitrogen and oxygen atoms in total. The van der Waals surface area contributed by atoms with Crippen LogP contribution < -0.4 is 15.5 Å². The number of hydrogen-bond donors (Lipinski definition) is 1. The Bertz CT molecular complexity index is 696. The molecule has 1 aliphatic rings.